The molecule has 1 heterocycles. The van der Waals surface area contributed by atoms with Crippen LogP contribution in [0, 0.1) is 5.92 Å². The van der Waals surface area contributed by atoms with E-state index in [1.165, 1.54) is 48.4 Å². The first-order valence-corrected chi connectivity index (χ1v) is 11.9. The van der Waals surface area contributed by atoms with Crippen molar-refractivity contribution in [3.8, 4) is 5.75 Å². The van der Waals surface area contributed by atoms with E-state index in [2.05, 4.69) is 69.9 Å². The fourth-order valence-corrected chi connectivity index (χ4v) is 4.83. The van der Waals surface area contributed by atoms with Crippen LogP contribution in [0.2, 0.25) is 0 Å². The highest BCUT2D eigenvalue weighted by molar-refractivity contribution is 5.89. The van der Waals surface area contributed by atoms with Gasteiger partial charge in [0, 0.05) is 18.0 Å². The van der Waals surface area contributed by atoms with E-state index < -0.39 is 0 Å². The molecule has 1 aromatic heterocycles. The van der Waals surface area contributed by atoms with Gasteiger partial charge in [-0.15, -0.1) is 0 Å². The molecule has 0 unspecified atom stereocenters. The van der Waals surface area contributed by atoms with Crippen LogP contribution in [0.1, 0.15) is 44.1 Å². The van der Waals surface area contributed by atoms with Gasteiger partial charge >= 0.3 is 0 Å². The lowest BCUT2D eigenvalue weighted by atomic mass is 9.90. The second-order valence-corrected chi connectivity index (χ2v) is 8.88. The molecule has 0 spiro atoms. The van der Waals surface area contributed by atoms with Crippen molar-refractivity contribution in [2.24, 2.45) is 5.92 Å². The molecular weight excluding hydrogens is 394 g/mol. The number of benzene rings is 3. The summed E-state index contributed by atoms with van der Waals surface area (Å²) in [6.07, 6.45) is 10.4. The monoisotopic (exact) mass is 425 g/mol. The van der Waals surface area contributed by atoms with E-state index in [4.69, 9.17) is 4.74 Å². The van der Waals surface area contributed by atoms with Gasteiger partial charge in [-0.2, -0.15) is 0 Å². The van der Waals surface area contributed by atoms with Gasteiger partial charge in [-0.3, -0.25) is 0 Å². The van der Waals surface area contributed by atoms with Gasteiger partial charge in [0.25, 0.3) is 0 Å². The van der Waals surface area contributed by atoms with Crippen molar-refractivity contribution in [3.63, 3.8) is 0 Å². The van der Waals surface area contributed by atoms with Gasteiger partial charge in [-0.25, -0.2) is 9.97 Å². The number of fused-ring (bicyclic) bond motifs is 2. The Labute approximate surface area is 190 Å². The molecular formula is C28H31N3O. The summed E-state index contributed by atoms with van der Waals surface area (Å²) >= 11 is 0. The van der Waals surface area contributed by atoms with Gasteiger partial charge in [0.15, 0.2) is 0 Å². The van der Waals surface area contributed by atoms with Crippen molar-refractivity contribution in [2.75, 3.05) is 18.5 Å². The summed E-state index contributed by atoms with van der Waals surface area (Å²) < 4.78 is 6.10. The third kappa shape index (κ3) is 4.85. The number of nitrogens with one attached hydrogen (secondary N) is 1. The summed E-state index contributed by atoms with van der Waals surface area (Å²) in [7, 11) is 0. The fourth-order valence-electron chi connectivity index (χ4n) is 4.83. The molecule has 0 aliphatic heterocycles. The molecule has 0 bridgehead atoms. The number of hydrogen-bond acceptors (Lipinski definition) is 4. The molecule has 1 saturated carbocycles. The zero-order chi connectivity index (χ0) is 21.6. The first-order valence-electron chi connectivity index (χ1n) is 11.9. The average molecular weight is 426 g/mol. The van der Waals surface area contributed by atoms with Crippen LogP contribution >= 0.6 is 0 Å². The summed E-state index contributed by atoms with van der Waals surface area (Å²) in [5.74, 6) is 2.50. The molecule has 1 N–H and O–H groups in total. The van der Waals surface area contributed by atoms with Crippen molar-refractivity contribution >= 4 is 27.5 Å². The minimum atomic E-state index is 0.698. The molecule has 4 heteroatoms. The number of hydrogen-bond donors (Lipinski definition) is 1. The van der Waals surface area contributed by atoms with Gasteiger partial charge in [-0.1, -0.05) is 61.7 Å². The molecule has 164 valence electrons. The number of anilines is 1. The van der Waals surface area contributed by atoms with Crippen LogP contribution in [0.5, 0.6) is 5.75 Å². The zero-order valence-corrected chi connectivity index (χ0v) is 18.6. The van der Waals surface area contributed by atoms with Crippen LogP contribution < -0.4 is 10.1 Å². The second-order valence-electron chi connectivity index (χ2n) is 8.88. The number of aromatic nitrogens is 2. The van der Waals surface area contributed by atoms with Crippen LogP contribution in [0.4, 0.5) is 5.82 Å². The Morgan fingerprint density at radius 2 is 1.75 bits per heavy atom. The number of nitrogens with zero attached hydrogens (tertiary/aromatic N) is 2. The van der Waals surface area contributed by atoms with E-state index in [1.54, 1.807) is 6.33 Å². The predicted molar refractivity (Wildman–Crippen MR) is 132 cm³/mol. The Morgan fingerprint density at radius 1 is 0.875 bits per heavy atom. The first kappa shape index (κ1) is 20.7. The van der Waals surface area contributed by atoms with Gasteiger partial charge < -0.3 is 10.1 Å². The highest BCUT2D eigenvalue weighted by Crippen LogP contribution is 2.27. The standard InChI is InChI=1S/C28H31N3O/c1-2-8-21(9-3-1)19-32-24-15-16-26-27(18-24)30-20-31-28(26)29-17-7-13-23-12-6-11-22-10-4-5-14-25(22)23/h4-6,10-12,14-16,18,20-21H,1-3,7-9,13,17,19H2,(H,29,30,31). The Hall–Kier alpha value is -3.14. The normalized spacial score (nSPS) is 14.6. The van der Waals surface area contributed by atoms with Crippen molar-refractivity contribution < 1.29 is 4.74 Å². The molecule has 0 atom stereocenters. The van der Waals surface area contributed by atoms with Crippen molar-refractivity contribution in [3.05, 3.63) is 72.6 Å². The Balaban J connectivity index is 1.19. The maximum absolute atomic E-state index is 6.10. The molecule has 1 aliphatic rings. The smallest absolute Gasteiger partial charge is 0.137 e. The van der Waals surface area contributed by atoms with Crippen LogP contribution in [0.25, 0.3) is 21.7 Å². The SMILES string of the molecule is c1ccc2c(CCCNc3ncnc4cc(OCC5CCCCC5)ccc34)cccc2c1. The Kier molecular flexibility index (Phi) is 6.48. The summed E-state index contributed by atoms with van der Waals surface area (Å²) in [5, 5.41) is 7.22. The number of rotatable bonds is 8. The minimum Gasteiger partial charge on any atom is -0.493 e. The number of ether oxygens (including phenoxy) is 1. The lowest BCUT2D eigenvalue weighted by Crippen LogP contribution is -2.15. The van der Waals surface area contributed by atoms with E-state index in [0.29, 0.717) is 5.92 Å². The Morgan fingerprint density at radius 3 is 2.69 bits per heavy atom. The summed E-state index contributed by atoms with van der Waals surface area (Å²) in [6, 6.07) is 21.3. The Bertz CT molecular complexity index is 1180. The second kappa shape index (κ2) is 9.99. The van der Waals surface area contributed by atoms with Gasteiger partial charge in [0.05, 0.1) is 12.1 Å². The molecule has 0 saturated heterocycles. The molecule has 1 fully saturated rings. The lowest BCUT2D eigenvalue weighted by molar-refractivity contribution is 0.209. The van der Waals surface area contributed by atoms with Crippen LogP contribution in [0.15, 0.2) is 67.0 Å². The van der Waals surface area contributed by atoms with E-state index >= 15 is 0 Å². The maximum Gasteiger partial charge on any atom is 0.137 e. The van der Waals surface area contributed by atoms with E-state index in [1.807, 2.05) is 6.07 Å². The highest BCUT2D eigenvalue weighted by atomic mass is 16.5. The third-order valence-electron chi connectivity index (χ3n) is 6.61. The quantitative estimate of drug-likeness (QED) is 0.316. The summed E-state index contributed by atoms with van der Waals surface area (Å²) in [6.45, 7) is 1.69. The van der Waals surface area contributed by atoms with E-state index in [0.717, 1.165) is 48.5 Å². The molecule has 1 aliphatic carbocycles. The third-order valence-corrected chi connectivity index (χ3v) is 6.61. The molecule has 0 radical (unpaired) electrons. The van der Waals surface area contributed by atoms with Crippen molar-refractivity contribution in [1.29, 1.82) is 0 Å². The predicted octanol–water partition coefficient (Wildman–Crippen LogP) is 6.79. The average Bonchev–Trinajstić information content (AvgIpc) is 2.86. The van der Waals surface area contributed by atoms with Crippen LogP contribution in [-0.4, -0.2) is 23.1 Å². The van der Waals surface area contributed by atoms with E-state index in [-0.39, 0.29) is 0 Å². The molecule has 32 heavy (non-hydrogen) atoms. The molecule has 4 aromatic rings. The summed E-state index contributed by atoms with van der Waals surface area (Å²) in [4.78, 5) is 8.96. The van der Waals surface area contributed by atoms with Gasteiger partial charge in [-0.05, 0) is 60.1 Å². The molecule has 5 rings (SSSR count). The van der Waals surface area contributed by atoms with Crippen molar-refractivity contribution in [1.82, 2.24) is 9.97 Å². The maximum atomic E-state index is 6.10. The molecule has 3 aromatic carbocycles. The van der Waals surface area contributed by atoms with Crippen LogP contribution in [0.3, 0.4) is 0 Å². The lowest BCUT2D eigenvalue weighted by Gasteiger charge is -2.21. The first-order chi connectivity index (χ1) is 15.9. The molecule has 4 nitrogen and oxygen atoms in total. The van der Waals surface area contributed by atoms with E-state index in [9.17, 15) is 0 Å². The molecule has 0 amide bonds. The highest BCUT2D eigenvalue weighted by Gasteiger charge is 2.14. The van der Waals surface area contributed by atoms with Crippen LogP contribution in [-0.2, 0) is 6.42 Å². The zero-order valence-electron chi connectivity index (χ0n) is 18.6. The van der Waals surface area contributed by atoms with Gasteiger partial charge in [0.2, 0.25) is 0 Å². The summed E-state index contributed by atoms with van der Waals surface area (Å²) in [5.41, 5.74) is 2.33. The van der Waals surface area contributed by atoms with Crippen molar-refractivity contribution in [2.45, 2.75) is 44.9 Å². The topological polar surface area (TPSA) is 47.0 Å². The largest absolute Gasteiger partial charge is 0.493 e. The number of aryl methyl sites for hydroxylation is 1. The van der Waals surface area contributed by atoms with Gasteiger partial charge in [0.1, 0.15) is 17.9 Å². The fraction of sp³-hybridized carbons (Fsp3) is 0.357. The minimum absolute atomic E-state index is 0.698.